The van der Waals surface area contributed by atoms with Crippen molar-refractivity contribution in [1.82, 2.24) is 4.98 Å². The normalized spacial score (nSPS) is 18.1. The van der Waals surface area contributed by atoms with Crippen LogP contribution in [0.3, 0.4) is 0 Å². The van der Waals surface area contributed by atoms with Gasteiger partial charge in [0.25, 0.3) is 0 Å². The molecule has 0 amide bonds. The highest BCUT2D eigenvalue weighted by atomic mass is 32.2. The van der Waals surface area contributed by atoms with Crippen molar-refractivity contribution in [2.24, 2.45) is 0 Å². The predicted octanol–water partition coefficient (Wildman–Crippen LogP) is 2.91. The van der Waals surface area contributed by atoms with Crippen LogP contribution in [0, 0.1) is 0 Å². The molecule has 0 spiro atoms. The van der Waals surface area contributed by atoms with Crippen LogP contribution in [0.1, 0.15) is 23.1 Å². The Morgan fingerprint density at radius 2 is 2.00 bits per heavy atom. The van der Waals surface area contributed by atoms with Gasteiger partial charge in [0.15, 0.2) is 0 Å². The van der Waals surface area contributed by atoms with Crippen molar-refractivity contribution in [3.8, 4) is 11.6 Å². The molecule has 1 aromatic carbocycles. The van der Waals surface area contributed by atoms with Gasteiger partial charge in [-0.15, -0.1) is 0 Å². The second-order valence-corrected chi connectivity index (χ2v) is 7.41. The van der Waals surface area contributed by atoms with Gasteiger partial charge in [-0.05, 0) is 30.4 Å². The van der Waals surface area contributed by atoms with E-state index >= 15 is 0 Å². The Balaban J connectivity index is 1.73. The van der Waals surface area contributed by atoms with Gasteiger partial charge in [-0.25, -0.2) is 4.98 Å². The Labute approximate surface area is 139 Å². The molecule has 122 valence electrons. The number of hydrogen-bond donors (Lipinski definition) is 0. The molecule has 0 saturated carbocycles. The van der Waals surface area contributed by atoms with E-state index in [-0.39, 0.29) is 5.25 Å². The topological polar surface area (TPSA) is 48.4 Å². The van der Waals surface area contributed by atoms with Crippen LogP contribution in [-0.2, 0) is 29.4 Å². The second-order valence-electron chi connectivity index (χ2n) is 5.70. The van der Waals surface area contributed by atoms with E-state index in [4.69, 9.17) is 9.47 Å². The fourth-order valence-electron chi connectivity index (χ4n) is 3.02. The predicted molar refractivity (Wildman–Crippen MR) is 91.4 cm³/mol. The summed E-state index contributed by atoms with van der Waals surface area (Å²) < 4.78 is 23.3. The van der Waals surface area contributed by atoms with Crippen LogP contribution in [0.4, 0.5) is 0 Å². The van der Waals surface area contributed by atoms with Gasteiger partial charge in [0, 0.05) is 33.9 Å². The summed E-state index contributed by atoms with van der Waals surface area (Å²) in [6, 6.07) is 10.2. The molecule has 5 heteroatoms. The summed E-state index contributed by atoms with van der Waals surface area (Å²) in [7, 11) is 2.23. The first-order chi connectivity index (χ1) is 11.2. The molecular weight excluding hydrogens is 310 g/mol. The lowest BCUT2D eigenvalue weighted by molar-refractivity contribution is 0.380. The molecule has 0 bridgehead atoms. The maximum absolute atomic E-state index is 12.8. The largest absolute Gasteiger partial charge is 0.496 e. The zero-order valence-electron chi connectivity index (χ0n) is 13.5. The highest BCUT2D eigenvalue weighted by Crippen LogP contribution is 2.28. The monoisotopic (exact) mass is 331 g/mol. The zero-order chi connectivity index (χ0) is 16.2. The number of pyridine rings is 1. The third-order valence-corrected chi connectivity index (χ3v) is 6.06. The van der Waals surface area contributed by atoms with Gasteiger partial charge in [0.2, 0.25) is 5.88 Å². The fraction of sp³-hybridized carbons (Fsp3) is 0.389. The smallest absolute Gasteiger partial charge is 0.216 e. The molecule has 0 N–H and O–H groups in total. The number of rotatable bonds is 5. The zero-order valence-corrected chi connectivity index (χ0v) is 14.3. The van der Waals surface area contributed by atoms with Gasteiger partial charge in [0.05, 0.1) is 20.0 Å². The first-order valence-corrected chi connectivity index (χ1v) is 9.10. The number of hydrogen-bond acceptors (Lipinski definition) is 4. The highest BCUT2D eigenvalue weighted by Gasteiger charge is 2.24. The van der Waals surface area contributed by atoms with Crippen molar-refractivity contribution >= 4 is 10.8 Å². The molecule has 0 saturated heterocycles. The summed E-state index contributed by atoms with van der Waals surface area (Å²) in [5.74, 6) is 1.65. The molecule has 0 radical (unpaired) electrons. The fourth-order valence-corrected chi connectivity index (χ4v) is 4.52. The van der Waals surface area contributed by atoms with Crippen LogP contribution in [-0.4, -0.2) is 28.7 Å². The Hall–Kier alpha value is -1.88. The SMILES string of the molecule is COc1cc(OC)c(CS(=O)C2CCc3ccccc3C2)cn1. The van der Waals surface area contributed by atoms with Crippen molar-refractivity contribution in [3.05, 3.63) is 53.2 Å². The van der Waals surface area contributed by atoms with Crippen molar-refractivity contribution in [2.75, 3.05) is 14.2 Å². The van der Waals surface area contributed by atoms with Crippen molar-refractivity contribution < 1.29 is 13.7 Å². The molecule has 0 fully saturated rings. The maximum atomic E-state index is 12.8. The lowest BCUT2D eigenvalue weighted by Crippen LogP contribution is -2.25. The van der Waals surface area contributed by atoms with Crippen LogP contribution in [0.15, 0.2) is 36.5 Å². The average Bonchev–Trinajstić information content (AvgIpc) is 2.61. The molecule has 4 nitrogen and oxygen atoms in total. The first-order valence-electron chi connectivity index (χ1n) is 7.72. The summed E-state index contributed by atoms with van der Waals surface area (Å²) in [6.07, 6.45) is 4.56. The Kier molecular flexibility index (Phi) is 4.96. The molecule has 23 heavy (non-hydrogen) atoms. The summed E-state index contributed by atoms with van der Waals surface area (Å²) in [5, 5.41) is 0.191. The minimum atomic E-state index is -0.946. The lowest BCUT2D eigenvalue weighted by atomic mass is 9.92. The van der Waals surface area contributed by atoms with Crippen LogP contribution >= 0.6 is 0 Å². The van der Waals surface area contributed by atoms with E-state index in [1.807, 2.05) is 0 Å². The minimum absolute atomic E-state index is 0.191. The first kappa shape index (κ1) is 16.0. The summed E-state index contributed by atoms with van der Waals surface area (Å²) >= 11 is 0. The summed E-state index contributed by atoms with van der Waals surface area (Å²) in [5.41, 5.74) is 3.59. The standard InChI is InChI=1S/C18H21NO3S/c1-21-17-10-18(22-2)19-11-15(17)12-23(20)16-8-7-13-5-3-4-6-14(13)9-16/h3-6,10-11,16H,7-9,12H2,1-2H3. The third-order valence-electron chi connectivity index (χ3n) is 4.32. The van der Waals surface area contributed by atoms with E-state index in [1.165, 1.54) is 11.1 Å². The van der Waals surface area contributed by atoms with Gasteiger partial charge >= 0.3 is 0 Å². The molecule has 2 unspecified atom stereocenters. The van der Waals surface area contributed by atoms with Crippen molar-refractivity contribution in [1.29, 1.82) is 0 Å². The van der Waals surface area contributed by atoms with Gasteiger partial charge in [-0.1, -0.05) is 24.3 Å². The van der Waals surface area contributed by atoms with Crippen LogP contribution in [0.5, 0.6) is 11.6 Å². The van der Waals surface area contributed by atoms with E-state index in [1.54, 1.807) is 26.5 Å². The summed E-state index contributed by atoms with van der Waals surface area (Å²) in [4.78, 5) is 4.20. The van der Waals surface area contributed by atoms with Crippen LogP contribution < -0.4 is 9.47 Å². The molecule has 1 aromatic heterocycles. The molecule has 1 aliphatic carbocycles. The van der Waals surface area contributed by atoms with Crippen LogP contribution in [0.25, 0.3) is 0 Å². The Morgan fingerprint density at radius 1 is 1.22 bits per heavy atom. The number of methoxy groups -OCH3 is 2. The molecule has 1 heterocycles. The summed E-state index contributed by atoms with van der Waals surface area (Å²) in [6.45, 7) is 0. The van der Waals surface area contributed by atoms with E-state index in [2.05, 4.69) is 29.2 Å². The number of fused-ring (bicyclic) bond motifs is 1. The minimum Gasteiger partial charge on any atom is -0.496 e. The Bertz CT molecular complexity index is 717. The van der Waals surface area contributed by atoms with Gasteiger partial charge in [-0.2, -0.15) is 0 Å². The number of aromatic nitrogens is 1. The van der Waals surface area contributed by atoms with Gasteiger partial charge < -0.3 is 9.47 Å². The maximum Gasteiger partial charge on any atom is 0.216 e. The van der Waals surface area contributed by atoms with Gasteiger partial charge in [-0.3, -0.25) is 4.21 Å². The van der Waals surface area contributed by atoms with Crippen molar-refractivity contribution in [3.63, 3.8) is 0 Å². The molecule has 3 rings (SSSR count). The van der Waals surface area contributed by atoms with E-state index in [9.17, 15) is 4.21 Å². The van der Waals surface area contributed by atoms with E-state index < -0.39 is 10.8 Å². The van der Waals surface area contributed by atoms with E-state index in [0.29, 0.717) is 17.4 Å². The second kappa shape index (κ2) is 7.13. The molecule has 2 aromatic rings. The number of ether oxygens (including phenoxy) is 2. The quantitative estimate of drug-likeness (QED) is 0.845. The number of benzene rings is 1. The molecule has 0 aliphatic heterocycles. The average molecular weight is 331 g/mol. The van der Waals surface area contributed by atoms with E-state index in [0.717, 1.165) is 24.8 Å². The molecule has 1 aliphatic rings. The van der Waals surface area contributed by atoms with Gasteiger partial charge in [0.1, 0.15) is 5.75 Å². The number of nitrogens with zero attached hydrogens (tertiary/aromatic N) is 1. The number of aryl methyl sites for hydroxylation is 1. The highest BCUT2D eigenvalue weighted by molar-refractivity contribution is 7.84. The molecule has 2 atom stereocenters. The van der Waals surface area contributed by atoms with Crippen molar-refractivity contribution in [2.45, 2.75) is 30.3 Å². The Morgan fingerprint density at radius 3 is 2.74 bits per heavy atom. The molecular formula is C18H21NO3S. The van der Waals surface area contributed by atoms with Crippen LogP contribution in [0.2, 0.25) is 0 Å². The third kappa shape index (κ3) is 3.55. The lowest BCUT2D eigenvalue weighted by Gasteiger charge is -2.24.